The molecule has 0 saturated heterocycles. The fourth-order valence-electron chi connectivity index (χ4n) is 3.30. The standard InChI is InChI=1S/C21H14F3N7O4S/c1-26-20(32)18-10-8-27-19(16(24)17(10)29-30-18)14-11(22)3-4-12(15(14)23)31-36(33,34)13-5-9(6-25)7-28-21(13)35-2/h3-5,7-8,31H,1-2H3,(H,26,32)(H,29,30). The van der Waals surface area contributed by atoms with Crippen molar-refractivity contribution in [2.24, 2.45) is 0 Å². The maximum absolute atomic E-state index is 15.4. The van der Waals surface area contributed by atoms with Crippen LogP contribution in [-0.4, -0.2) is 48.6 Å². The molecule has 0 spiro atoms. The first-order valence-electron chi connectivity index (χ1n) is 9.82. The summed E-state index contributed by atoms with van der Waals surface area (Å²) in [5.41, 5.74) is -3.15. The molecule has 0 aliphatic carbocycles. The van der Waals surface area contributed by atoms with E-state index in [1.807, 2.05) is 4.72 Å². The molecule has 0 radical (unpaired) electrons. The zero-order valence-corrected chi connectivity index (χ0v) is 19.2. The first kappa shape index (κ1) is 24.4. The smallest absolute Gasteiger partial charge is 0.272 e. The number of nitrogens with one attached hydrogen (secondary N) is 3. The number of hydrogen-bond donors (Lipinski definition) is 3. The summed E-state index contributed by atoms with van der Waals surface area (Å²) >= 11 is 0. The van der Waals surface area contributed by atoms with Crippen LogP contribution in [0.2, 0.25) is 0 Å². The molecule has 1 amide bonds. The molecule has 0 bridgehead atoms. The molecular weight excluding hydrogens is 503 g/mol. The van der Waals surface area contributed by atoms with E-state index in [0.29, 0.717) is 6.07 Å². The van der Waals surface area contributed by atoms with Crippen molar-refractivity contribution in [3.05, 3.63) is 59.3 Å². The third kappa shape index (κ3) is 4.03. The molecule has 15 heteroatoms. The van der Waals surface area contributed by atoms with Gasteiger partial charge in [-0.2, -0.15) is 10.4 Å². The number of aromatic nitrogens is 4. The molecule has 0 saturated carbocycles. The molecule has 11 nitrogen and oxygen atoms in total. The molecule has 0 aliphatic heterocycles. The highest BCUT2D eigenvalue weighted by Crippen LogP contribution is 2.35. The first-order valence-corrected chi connectivity index (χ1v) is 11.3. The maximum Gasteiger partial charge on any atom is 0.272 e. The monoisotopic (exact) mass is 517 g/mol. The minimum absolute atomic E-state index is 0.0368. The quantitative estimate of drug-likeness (QED) is 0.351. The Kier molecular flexibility index (Phi) is 6.21. The van der Waals surface area contributed by atoms with Crippen LogP contribution >= 0.6 is 0 Å². The Morgan fingerprint density at radius 1 is 1.17 bits per heavy atom. The highest BCUT2D eigenvalue weighted by atomic mass is 32.2. The average Bonchev–Trinajstić information content (AvgIpc) is 3.31. The van der Waals surface area contributed by atoms with E-state index < -0.39 is 55.2 Å². The molecule has 0 atom stereocenters. The number of carbonyl (C=O) groups excluding carboxylic acids is 1. The van der Waals surface area contributed by atoms with Gasteiger partial charge < -0.3 is 10.1 Å². The second-order valence-corrected chi connectivity index (χ2v) is 8.74. The molecule has 3 N–H and O–H groups in total. The van der Waals surface area contributed by atoms with Gasteiger partial charge in [-0.15, -0.1) is 0 Å². The summed E-state index contributed by atoms with van der Waals surface area (Å²) < 4.78 is 78.0. The minimum Gasteiger partial charge on any atom is -0.480 e. The summed E-state index contributed by atoms with van der Waals surface area (Å²) in [5.74, 6) is -4.96. The Balaban J connectivity index is 1.82. The molecule has 1 aromatic carbocycles. The third-order valence-corrected chi connectivity index (χ3v) is 6.36. The summed E-state index contributed by atoms with van der Waals surface area (Å²) in [6.07, 6.45) is 2.07. The first-order chi connectivity index (χ1) is 17.1. The van der Waals surface area contributed by atoms with Gasteiger partial charge in [-0.05, 0) is 18.2 Å². The van der Waals surface area contributed by atoms with E-state index in [1.165, 1.54) is 7.05 Å². The van der Waals surface area contributed by atoms with Crippen LogP contribution in [0.4, 0.5) is 18.9 Å². The van der Waals surface area contributed by atoms with Gasteiger partial charge in [0.15, 0.2) is 22.2 Å². The van der Waals surface area contributed by atoms with Crippen molar-refractivity contribution in [2.75, 3.05) is 18.9 Å². The lowest BCUT2D eigenvalue weighted by atomic mass is 10.1. The normalized spacial score (nSPS) is 11.2. The lowest BCUT2D eigenvalue weighted by Crippen LogP contribution is -2.18. The Labute approximate surface area is 201 Å². The van der Waals surface area contributed by atoms with Crippen molar-refractivity contribution in [3.63, 3.8) is 0 Å². The fraction of sp³-hybridized carbons (Fsp3) is 0.0952. The third-order valence-electron chi connectivity index (χ3n) is 5.00. The Hall–Kier alpha value is -4.71. The van der Waals surface area contributed by atoms with Gasteiger partial charge in [0.25, 0.3) is 15.9 Å². The topological polar surface area (TPSA) is 163 Å². The molecular formula is C21H14F3N7O4S. The number of halogens is 3. The van der Waals surface area contributed by atoms with Crippen LogP contribution in [0.3, 0.4) is 0 Å². The predicted molar refractivity (Wildman–Crippen MR) is 119 cm³/mol. The lowest BCUT2D eigenvalue weighted by Gasteiger charge is -2.14. The number of hydrogen-bond acceptors (Lipinski definition) is 8. The number of aromatic amines is 1. The van der Waals surface area contributed by atoms with Gasteiger partial charge in [0.05, 0.1) is 29.3 Å². The molecule has 3 aromatic heterocycles. The Bertz CT molecular complexity index is 1680. The van der Waals surface area contributed by atoms with Gasteiger partial charge in [-0.25, -0.2) is 26.6 Å². The van der Waals surface area contributed by atoms with Crippen LogP contribution in [0.15, 0.2) is 35.5 Å². The van der Waals surface area contributed by atoms with Crippen molar-refractivity contribution < 1.29 is 31.1 Å². The van der Waals surface area contributed by atoms with Gasteiger partial charge in [-0.3, -0.25) is 19.6 Å². The van der Waals surface area contributed by atoms with E-state index in [1.54, 1.807) is 6.07 Å². The molecule has 3 heterocycles. The van der Waals surface area contributed by atoms with Crippen molar-refractivity contribution in [3.8, 4) is 23.2 Å². The number of ether oxygens (including phenoxy) is 1. The summed E-state index contributed by atoms with van der Waals surface area (Å²) in [4.78, 5) is 18.8. The van der Waals surface area contributed by atoms with Crippen LogP contribution < -0.4 is 14.8 Å². The highest BCUT2D eigenvalue weighted by molar-refractivity contribution is 7.92. The van der Waals surface area contributed by atoms with E-state index >= 15 is 8.78 Å². The number of carbonyl (C=O) groups is 1. The number of amides is 1. The van der Waals surface area contributed by atoms with Crippen molar-refractivity contribution in [1.29, 1.82) is 5.26 Å². The predicted octanol–water partition coefficient (Wildman–Crippen LogP) is 2.48. The van der Waals surface area contributed by atoms with Gasteiger partial charge in [0, 0.05) is 19.4 Å². The van der Waals surface area contributed by atoms with Crippen LogP contribution in [-0.2, 0) is 10.0 Å². The van der Waals surface area contributed by atoms with E-state index in [0.717, 1.165) is 31.6 Å². The number of sulfonamides is 1. The average molecular weight is 517 g/mol. The van der Waals surface area contributed by atoms with Crippen molar-refractivity contribution in [2.45, 2.75) is 4.90 Å². The van der Waals surface area contributed by atoms with Gasteiger partial charge in [0.2, 0.25) is 5.88 Å². The second-order valence-electron chi connectivity index (χ2n) is 7.09. The van der Waals surface area contributed by atoms with E-state index in [9.17, 15) is 17.6 Å². The minimum atomic E-state index is -4.60. The number of methoxy groups -OCH3 is 1. The van der Waals surface area contributed by atoms with E-state index in [4.69, 9.17) is 10.00 Å². The largest absolute Gasteiger partial charge is 0.480 e. The SMILES string of the molecule is CNC(=O)c1n[nH]c2c(F)c(-c3c(F)ccc(NS(=O)(=O)c4cc(C#N)cnc4OC)c3F)ncc12. The van der Waals surface area contributed by atoms with Gasteiger partial charge in [-0.1, -0.05) is 0 Å². The molecule has 4 aromatic rings. The number of nitrogens with zero attached hydrogens (tertiary/aromatic N) is 4. The second kappa shape index (κ2) is 9.15. The van der Waals surface area contributed by atoms with Crippen LogP contribution in [0.25, 0.3) is 22.2 Å². The molecule has 0 unspecified atom stereocenters. The van der Waals surface area contributed by atoms with E-state index in [-0.39, 0.29) is 28.0 Å². The van der Waals surface area contributed by atoms with Gasteiger partial charge >= 0.3 is 0 Å². The maximum atomic E-state index is 15.4. The molecule has 4 rings (SSSR count). The number of nitriles is 1. The number of pyridine rings is 2. The number of rotatable bonds is 6. The van der Waals surface area contributed by atoms with Crippen molar-refractivity contribution in [1.82, 2.24) is 25.5 Å². The van der Waals surface area contributed by atoms with Gasteiger partial charge in [0.1, 0.15) is 23.1 Å². The number of H-pyrrole nitrogens is 1. The summed E-state index contributed by atoms with van der Waals surface area (Å²) in [7, 11) is -2.13. The zero-order chi connectivity index (χ0) is 26.2. The molecule has 36 heavy (non-hydrogen) atoms. The van der Waals surface area contributed by atoms with E-state index in [2.05, 4.69) is 25.5 Å². The van der Waals surface area contributed by atoms with Crippen LogP contribution in [0, 0.1) is 28.8 Å². The fourth-order valence-corrected chi connectivity index (χ4v) is 4.51. The molecule has 184 valence electrons. The zero-order valence-electron chi connectivity index (χ0n) is 18.4. The highest BCUT2D eigenvalue weighted by Gasteiger charge is 2.28. The number of fused-ring (bicyclic) bond motifs is 1. The summed E-state index contributed by atoms with van der Waals surface area (Å²) in [5, 5.41) is 17.3. The summed E-state index contributed by atoms with van der Waals surface area (Å²) in [6, 6.07) is 4.17. The number of anilines is 1. The summed E-state index contributed by atoms with van der Waals surface area (Å²) in [6.45, 7) is 0. The van der Waals surface area contributed by atoms with Crippen LogP contribution in [0.5, 0.6) is 5.88 Å². The Morgan fingerprint density at radius 2 is 1.92 bits per heavy atom. The molecule has 0 aliphatic rings. The van der Waals surface area contributed by atoms with Crippen LogP contribution in [0.1, 0.15) is 16.1 Å². The Morgan fingerprint density at radius 3 is 2.58 bits per heavy atom. The van der Waals surface area contributed by atoms with Crippen molar-refractivity contribution >= 4 is 32.5 Å². The molecule has 0 fully saturated rings. The lowest BCUT2D eigenvalue weighted by molar-refractivity contribution is 0.0959. The number of benzene rings is 1.